The average Bonchev–Trinajstić information content (AvgIpc) is 3.60. The second-order valence-electron chi connectivity index (χ2n) is 8.29. The standard InChI is InChI=1S/C24H28N2O2S/c1-16(2)28-21-10-9-17(22-14-27-22)12-18(21)15-29-23-8-4-3-7-20(23)24-25-11-5-6-19-13-26(19)24/h3-4,7-10,12,16,19,22H,5-6,11,13-15H2,1-2H3. The van der Waals surface area contributed by atoms with Crippen LogP contribution >= 0.6 is 11.8 Å². The van der Waals surface area contributed by atoms with Gasteiger partial charge in [-0.3, -0.25) is 4.99 Å². The van der Waals surface area contributed by atoms with Crippen molar-refractivity contribution in [1.29, 1.82) is 0 Å². The van der Waals surface area contributed by atoms with E-state index < -0.39 is 0 Å². The van der Waals surface area contributed by atoms with E-state index in [9.17, 15) is 0 Å². The monoisotopic (exact) mass is 408 g/mol. The Morgan fingerprint density at radius 2 is 2.10 bits per heavy atom. The fourth-order valence-electron chi connectivity index (χ4n) is 3.98. The highest BCUT2D eigenvalue weighted by atomic mass is 32.2. The van der Waals surface area contributed by atoms with Gasteiger partial charge in [0.1, 0.15) is 17.7 Å². The van der Waals surface area contributed by atoms with E-state index in [0.29, 0.717) is 6.04 Å². The van der Waals surface area contributed by atoms with Gasteiger partial charge in [-0.25, -0.2) is 0 Å². The predicted octanol–water partition coefficient (Wildman–Crippen LogP) is 5.06. The maximum Gasteiger partial charge on any atom is 0.132 e. The van der Waals surface area contributed by atoms with Crippen molar-refractivity contribution in [3.63, 3.8) is 0 Å². The average molecular weight is 409 g/mol. The van der Waals surface area contributed by atoms with Gasteiger partial charge in [-0.05, 0) is 50.5 Å². The van der Waals surface area contributed by atoms with Gasteiger partial charge in [0, 0.05) is 40.9 Å². The van der Waals surface area contributed by atoms with Crippen LogP contribution < -0.4 is 4.74 Å². The second kappa shape index (κ2) is 8.04. The molecule has 3 heterocycles. The van der Waals surface area contributed by atoms with Gasteiger partial charge in [-0.15, -0.1) is 11.8 Å². The lowest BCUT2D eigenvalue weighted by molar-refractivity contribution is 0.240. The van der Waals surface area contributed by atoms with Crippen molar-refractivity contribution in [2.75, 3.05) is 19.7 Å². The Morgan fingerprint density at radius 3 is 2.93 bits per heavy atom. The van der Waals surface area contributed by atoms with Crippen molar-refractivity contribution >= 4 is 17.6 Å². The van der Waals surface area contributed by atoms with E-state index in [1.807, 2.05) is 11.8 Å². The van der Waals surface area contributed by atoms with E-state index in [2.05, 4.69) is 61.2 Å². The van der Waals surface area contributed by atoms with E-state index in [1.165, 1.54) is 40.3 Å². The van der Waals surface area contributed by atoms with Crippen LogP contribution in [-0.4, -0.2) is 42.6 Å². The van der Waals surface area contributed by atoms with Crippen LogP contribution in [-0.2, 0) is 10.5 Å². The number of epoxide rings is 1. The lowest BCUT2D eigenvalue weighted by Gasteiger charge is -2.17. The van der Waals surface area contributed by atoms with Crippen molar-refractivity contribution in [2.45, 2.75) is 55.6 Å². The van der Waals surface area contributed by atoms with E-state index in [4.69, 9.17) is 14.5 Å². The van der Waals surface area contributed by atoms with Crippen LogP contribution in [0.3, 0.4) is 0 Å². The number of amidine groups is 1. The highest BCUT2D eigenvalue weighted by Gasteiger charge is 2.38. The van der Waals surface area contributed by atoms with E-state index in [1.54, 1.807) is 0 Å². The van der Waals surface area contributed by atoms with Crippen LogP contribution in [0.2, 0.25) is 0 Å². The molecule has 0 amide bonds. The molecule has 0 bridgehead atoms. The number of rotatable bonds is 7. The molecular formula is C24H28N2O2S. The van der Waals surface area contributed by atoms with Crippen molar-refractivity contribution in [1.82, 2.24) is 4.90 Å². The number of nitrogens with zero attached hydrogens (tertiary/aromatic N) is 2. The molecule has 4 nitrogen and oxygen atoms in total. The minimum absolute atomic E-state index is 0.161. The van der Waals surface area contributed by atoms with Crippen LogP contribution in [0.4, 0.5) is 0 Å². The quantitative estimate of drug-likeness (QED) is 0.474. The van der Waals surface area contributed by atoms with Gasteiger partial charge in [-0.2, -0.15) is 0 Å². The minimum atomic E-state index is 0.161. The van der Waals surface area contributed by atoms with Gasteiger partial charge in [0.15, 0.2) is 0 Å². The van der Waals surface area contributed by atoms with E-state index in [0.717, 1.165) is 31.2 Å². The van der Waals surface area contributed by atoms with Crippen LogP contribution in [0, 0.1) is 0 Å². The summed E-state index contributed by atoms with van der Waals surface area (Å²) in [6.07, 6.45) is 2.90. The highest BCUT2D eigenvalue weighted by molar-refractivity contribution is 7.98. The molecular weight excluding hydrogens is 380 g/mol. The number of ether oxygens (including phenoxy) is 2. The molecule has 0 aromatic heterocycles. The molecule has 3 aliphatic heterocycles. The first-order valence-corrected chi connectivity index (χ1v) is 11.6. The molecule has 2 saturated heterocycles. The highest BCUT2D eigenvalue weighted by Crippen LogP contribution is 2.37. The van der Waals surface area contributed by atoms with Crippen LogP contribution in [0.25, 0.3) is 0 Å². The van der Waals surface area contributed by atoms with Crippen molar-refractivity contribution in [2.24, 2.45) is 4.99 Å². The molecule has 5 heteroatoms. The Labute approximate surface area is 177 Å². The summed E-state index contributed by atoms with van der Waals surface area (Å²) in [7, 11) is 0. The normalized spacial score (nSPS) is 22.7. The Bertz CT molecular complexity index is 923. The number of thioether (sulfide) groups is 1. The van der Waals surface area contributed by atoms with Crippen LogP contribution in [0.1, 0.15) is 49.5 Å². The Morgan fingerprint density at radius 1 is 1.24 bits per heavy atom. The second-order valence-corrected chi connectivity index (χ2v) is 9.31. The SMILES string of the molecule is CC(C)Oc1ccc(C2CO2)cc1CSc1ccccc1C1=NCCCC2CN12. The molecule has 5 rings (SSSR count). The molecule has 2 aromatic rings. The molecule has 2 unspecified atom stereocenters. The number of fused-ring (bicyclic) bond motifs is 1. The maximum absolute atomic E-state index is 6.09. The van der Waals surface area contributed by atoms with Crippen molar-refractivity contribution in [3.8, 4) is 5.75 Å². The third-order valence-corrected chi connectivity index (χ3v) is 6.73. The molecule has 152 valence electrons. The van der Waals surface area contributed by atoms with Crippen molar-refractivity contribution < 1.29 is 9.47 Å². The summed E-state index contributed by atoms with van der Waals surface area (Å²) in [6, 6.07) is 15.9. The summed E-state index contributed by atoms with van der Waals surface area (Å²) < 4.78 is 11.6. The summed E-state index contributed by atoms with van der Waals surface area (Å²) in [5.74, 6) is 3.04. The van der Waals surface area contributed by atoms with Crippen LogP contribution in [0.15, 0.2) is 52.4 Å². The largest absolute Gasteiger partial charge is 0.491 e. The van der Waals surface area contributed by atoms with Gasteiger partial charge in [0.25, 0.3) is 0 Å². The fraction of sp³-hybridized carbons (Fsp3) is 0.458. The molecule has 2 fully saturated rings. The fourth-order valence-corrected chi connectivity index (χ4v) is 5.01. The first-order chi connectivity index (χ1) is 14.2. The molecule has 0 N–H and O–H groups in total. The smallest absolute Gasteiger partial charge is 0.132 e. The zero-order valence-electron chi connectivity index (χ0n) is 17.1. The molecule has 2 aromatic carbocycles. The number of hydrogen-bond acceptors (Lipinski definition) is 5. The van der Waals surface area contributed by atoms with Crippen LogP contribution in [0.5, 0.6) is 5.75 Å². The molecule has 0 aliphatic carbocycles. The summed E-state index contributed by atoms with van der Waals surface area (Å²) in [6.45, 7) is 7.09. The Hall–Kier alpha value is -1.98. The minimum Gasteiger partial charge on any atom is -0.491 e. The summed E-state index contributed by atoms with van der Waals surface area (Å²) in [4.78, 5) is 8.68. The first-order valence-electron chi connectivity index (χ1n) is 10.6. The number of aliphatic imine (C=N–C) groups is 1. The van der Waals surface area contributed by atoms with E-state index in [-0.39, 0.29) is 12.2 Å². The molecule has 3 aliphatic rings. The summed E-state index contributed by atoms with van der Waals surface area (Å²) >= 11 is 1.87. The zero-order chi connectivity index (χ0) is 19.8. The molecule has 2 atom stereocenters. The number of benzene rings is 2. The predicted molar refractivity (Wildman–Crippen MR) is 118 cm³/mol. The van der Waals surface area contributed by atoms with Crippen molar-refractivity contribution in [3.05, 3.63) is 59.2 Å². The van der Waals surface area contributed by atoms with Gasteiger partial charge in [-0.1, -0.05) is 24.3 Å². The topological polar surface area (TPSA) is 37.1 Å². The third-order valence-electron chi connectivity index (χ3n) is 5.61. The van der Waals surface area contributed by atoms with Gasteiger partial charge >= 0.3 is 0 Å². The summed E-state index contributed by atoms with van der Waals surface area (Å²) in [5, 5.41) is 0. The lowest BCUT2D eigenvalue weighted by atomic mass is 10.1. The first kappa shape index (κ1) is 19.0. The van der Waals surface area contributed by atoms with Gasteiger partial charge < -0.3 is 14.4 Å². The molecule has 29 heavy (non-hydrogen) atoms. The summed E-state index contributed by atoms with van der Waals surface area (Å²) in [5.41, 5.74) is 3.76. The molecule has 0 radical (unpaired) electrons. The maximum atomic E-state index is 6.09. The lowest BCUT2D eigenvalue weighted by Crippen LogP contribution is -2.15. The zero-order valence-corrected chi connectivity index (χ0v) is 18.0. The van der Waals surface area contributed by atoms with Gasteiger partial charge in [0.2, 0.25) is 0 Å². The Kier molecular flexibility index (Phi) is 5.27. The Balaban J connectivity index is 1.39. The number of hydrogen-bond donors (Lipinski definition) is 0. The molecule has 0 saturated carbocycles. The van der Waals surface area contributed by atoms with E-state index >= 15 is 0 Å². The molecule has 0 spiro atoms. The third kappa shape index (κ3) is 4.31. The van der Waals surface area contributed by atoms with Gasteiger partial charge in [0.05, 0.1) is 12.7 Å².